The van der Waals surface area contributed by atoms with Crippen LogP contribution < -0.4 is 5.73 Å². The van der Waals surface area contributed by atoms with Gasteiger partial charge in [-0.25, -0.2) is 0 Å². The van der Waals surface area contributed by atoms with Gasteiger partial charge in [-0.05, 0) is 34.6 Å². The van der Waals surface area contributed by atoms with Crippen LogP contribution in [0.15, 0.2) is 0 Å². The lowest BCUT2D eigenvalue weighted by Crippen LogP contribution is -2.36. The lowest BCUT2D eigenvalue weighted by Gasteiger charge is -2.27. The van der Waals surface area contributed by atoms with Crippen LogP contribution in [0.5, 0.6) is 0 Å². The smallest absolute Gasteiger partial charge is 0.0937 e. The molecule has 0 saturated carbocycles. The second-order valence-corrected chi connectivity index (χ2v) is 4.47. The second-order valence-electron chi connectivity index (χ2n) is 4.47. The average Bonchev–Trinajstić information content (AvgIpc) is 1.95. The highest BCUT2D eigenvalue weighted by Gasteiger charge is 2.17. The molecular formula is C10H23NO2. The lowest BCUT2D eigenvalue weighted by molar-refractivity contribution is -0.0962. The van der Waals surface area contributed by atoms with Crippen LogP contribution in [-0.4, -0.2) is 31.0 Å². The molecule has 0 saturated heterocycles. The van der Waals surface area contributed by atoms with E-state index in [2.05, 4.69) is 0 Å². The molecule has 13 heavy (non-hydrogen) atoms. The van der Waals surface area contributed by atoms with Crippen molar-refractivity contribution in [3.05, 3.63) is 0 Å². The Hall–Kier alpha value is -0.120. The summed E-state index contributed by atoms with van der Waals surface area (Å²) < 4.78 is 11.1. The van der Waals surface area contributed by atoms with Gasteiger partial charge in [0.15, 0.2) is 0 Å². The molecule has 3 nitrogen and oxygen atoms in total. The number of ether oxygens (including phenoxy) is 2. The van der Waals surface area contributed by atoms with Gasteiger partial charge in [-0.3, -0.25) is 0 Å². The fourth-order valence-electron chi connectivity index (χ4n) is 0.950. The summed E-state index contributed by atoms with van der Waals surface area (Å²) in [5.74, 6) is 0. The van der Waals surface area contributed by atoms with E-state index in [0.717, 1.165) is 0 Å². The van der Waals surface area contributed by atoms with Crippen LogP contribution >= 0.6 is 0 Å². The predicted molar refractivity (Wildman–Crippen MR) is 54.8 cm³/mol. The SMILES string of the molecule is CC(C)OC[C@@H](CN)OC(C)(C)C. The van der Waals surface area contributed by atoms with Crippen molar-refractivity contribution in [2.75, 3.05) is 13.2 Å². The number of hydrogen-bond donors (Lipinski definition) is 1. The predicted octanol–water partition coefficient (Wildman–Crippen LogP) is 1.55. The van der Waals surface area contributed by atoms with E-state index in [4.69, 9.17) is 15.2 Å². The third-order valence-electron chi connectivity index (χ3n) is 1.40. The van der Waals surface area contributed by atoms with Crippen LogP contribution in [0, 0.1) is 0 Å². The standard InChI is InChI=1S/C10H23NO2/c1-8(2)12-7-9(6-11)13-10(3,4)5/h8-9H,6-7,11H2,1-5H3/t9-/m1/s1. The first-order chi connectivity index (χ1) is 5.85. The average molecular weight is 189 g/mol. The van der Waals surface area contributed by atoms with Crippen molar-refractivity contribution in [3.63, 3.8) is 0 Å². The first-order valence-electron chi connectivity index (χ1n) is 4.84. The van der Waals surface area contributed by atoms with Gasteiger partial charge in [0.2, 0.25) is 0 Å². The van der Waals surface area contributed by atoms with Crippen molar-refractivity contribution in [1.82, 2.24) is 0 Å². The van der Waals surface area contributed by atoms with E-state index >= 15 is 0 Å². The van der Waals surface area contributed by atoms with E-state index in [-0.39, 0.29) is 17.8 Å². The Balaban J connectivity index is 3.76. The van der Waals surface area contributed by atoms with Gasteiger partial charge < -0.3 is 15.2 Å². The molecule has 0 unspecified atom stereocenters. The number of rotatable bonds is 5. The van der Waals surface area contributed by atoms with E-state index in [1.54, 1.807) is 0 Å². The van der Waals surface area contributed by atoms with Gasteiger partial charge in [-0.2, -0.15) is 0 Å². The zero-order chi connectivity index (χ0) is 10.5. The van der Waals surface area contributed by atoms with Crippen LogP contribution in [0.3, 0.4) is 0 Å². The quantitative estimate of drug-likeness (QED) is 0.713. The summed E-state index contributed by atoms with van der Waals surface area (Å²) in [4.78, 5) is 0. The van der Waals surface area contributed by atoms with Crippen LogP contribution in [0.4, 0.5) is 0 Å². The summed E-state index contributed by atoms with van der Waals surface area (Å²) in [6.45, 7) is 11.1. The fraction of sp³-hybridized carbons (Fsp3) is 1.00. The molecule has 0 aliphatic carbocycles. The van der Waals surface area contributed by atoms with Gasteiger partial charge in [-0.15, -0.1) is 0 Å². The third-order valence-corrected chi connectivity index (χ3v) is 1.40. The normalized spacial score (nSPS) is 15.0. The van der Waals surface area contributed by atoms with Crippen LogP contribution in [0.25, 0.3) is 0 Å². The summed E-state index contributed by atoms with van der Waals surface area (Å²) in [6.07, 6.45) is 0.236. The fourth-order valence-corrected chi connectivity index (χ4v) is 0.950. The molecule has 0 aliphatic heterocycles. The Morgan fingerprint density at radius 1 is 1.23 bits per heavy atom. The summed E-state index contributed by atoms with van der Waals surface area (Å²) in [5.41, 5.74) is 5.41. The van der Waals surface area contributed by atoms with E-state index in [9.17, 15) is 0 Å². The van der Waals surface area contributed by atoms with E-state index in [0.29, 0.717) is 13.2 Å². The summed E-state index contributed by atoms with van der Waals surface area (Å²) in [7, 11) is 0. The molecule has 0 spiro atoms. The summed E-state index contributed by atoms with van der Waals surface area (Å²) in [6, 6.07) is 0. The zero-order valence-corrected chi connectivity index (χ0v) is 9.46. The molecule has 0 amide bonds. The summed E-state index contributed by atoms with van der Waals surface area (Å²) >= 11 is 0. The first-order valence-corrected chi connectivity index (χ1v) is 4.84. The minimum atomic E-state index is -0.148. The second kappa shape index (κ2) is 5.58. The molecule has 0 aromatic heterocycles. The molecule has 0 heterocycles. The van der Waals surface area contributed by atoms with Crippen molar-refractivity contribution in [3.8, 4) is 0 Å². The van der Waals surface area contributed by atoms with Gasteiger partial charge in [0.1, 0.15) is 0 Å². The monoisotopic (exact) mass is 189 g/mol. The van der Waals surface area contributed by atoms with Gasteiger partial charge in [0, 0.05) is 6.54 Å². The van der Waals surface area contributed by atoms with E-state index < -0.39 is 0 Å². The summed E-state index contributed by atoms with van der Waals surface area (Å²) in [5, 5.41) is 0. The number of nitrogens with two attached hydrogens (primary N) is 1. The van der Waals surface area contributed by atoms with Crippen LogP contribution in [0.2, 0.25) is 0 Å². The maximum absolute atomic E-state index is 5.69. The van der Waals surface area contributed by atoms with Crippen LogP contribution in [0.1, 0.15) is 34.6 Å². The van der Waals surface area contributed by atoms with E-state index in [1.165, 1.54) is 0 Å². The van der Waals surface area contributed by atoms with Gasteiger partial charge in [0.05, 0.1) is 24.4 Å². The van der Waals surface area contributed by atoms with Crippen molar-refractivity contribution in [2.24, 2.45) is 5.73 Å². The maximum atomic E-state index is 5.69. The Morgan fingerprint density at radius 2 is 1.77 bits per heavy atom. The molecule has 0 radical (unpaired) electrons. The molecule has 0 rings (SSSR count). The minimum Gasteiger partial charge on any atom is -0.376 e. The van der Waals surface area contributed by atoms with Crippen molar-refractivity contribution in [2.45, 2.75) is 52.4 Å². The molecule has 3 heteroatoms. The molecule has 1 atom stereocenters. The lowest BCUT2D eigenvalue weighted by atomic mass is 10.2. The minimum absolute atomic E-state index is 0.00222. The zero-order valence-electron chi connectivity index (χ0n) is 9.46. The maximum Gasteiger partial charge on any atom is 0.0937 e. The van der Waals surface area contributed by atoms with Gasteiger partial charge >= 0.3 is 0 Å². The van der Waals surface area contributed by atoms with Crippen molar-refractivity contribution >= 4 is 0 Å². The largest absolute Gasteiger partial charge is 0.376 e. The van der Waals surface area contributed by atoms with Crippen LogP contribution in [-0.2, 0) is 9.47 Å². The van der Waals surface area contributed by atoms with Gasteiger partial charge in [0.25, 0.3) is 0 Å². The van der Waals surface area contributed by atoms with Gasteiger partial charge in [-0.1, -0.05) is 0 Å². The molecule has 0 bridgehead atoms. The Labute approximate surface area is 81.6 Å². The molecule has 0 aromatic rings. The molecule has 2 N–H and O–H groups in total. The Bertz CT molecular complexity index is 129. The molecule has 0 fully saturated rings. The molecule has 0 aliphatic rings. The Kier molecular flexibility index (Phi) is 5.53. The molecular weight excluding hydrogens is 166 g/mol. The van der Waals surface area contributed by atoms with Crippen molar-refractivity contribution < 1.29 is 9.47 Å². The highest BCUT2D eigenvalue weighted by Crippen LogP contribution is 2.10. The highest BCUT2D eigenvalue weighted by atomic mass is 16.5. The van der Waals surface area contributed by atoms with Crippen molar-refractivity contribution in [1.29, 1.82) is 0 Å². The first kappa shape index (κ1) is 12.9. The Morgan fingerprint density at radius 3 is 2.08 bits per heavy atom. The third kappa shape index (κ3) is 8.22. The topological polar surface area (TPSA) is 44.5 Å². The number of hydrogen-bond acceptors (Lipinski definition) is 3. The molecule has 0 aromatic carbocycles. The molecule has 80 valence electrons. The highest BCUT2D eigenvalue weighted by molar-refractivity contribution is 4.66. The van der Waals surface area contributed by atoms with E-state index in [1.807, 2.05) is 34.6 Å².